The summed E-state index contributed by atoms with van der Waals surface area (Å²) in [6, 6.07) is 1.84. The summed E-state index contributed by atoms with van der Waals surface area (Å²) in [7, 11) is 1.30. The van der Waals surface area contributed by atoms with Crippen molar-refractivity contribution in [3.8, 4) is 0 Å². The lowest BCUT2D eigenvalue weighted by Crippen LogP contribution is -2.10. The second-order valence-electron chi connectivity index (χ2n) is 3.46. The van der Waals surface area contributed by atoms with Gasteiger partial charge in [0.15, 0.2) is 5.69 Å². The van der Waals surface area contributed by atoms with E-state index in [0.717, 1.165) is 0 Å². The summed E-state index contributed by atoms with van der Waals surface area (Å²) in [5.74, 6) is -0.527. The Morgan fingerprint density at radius 3 is 2.88 bits per heavy atom. The molecule has 0 unspecified atom stereocenters. The number of aryl methyl sites for hydroxylation is 2. The average Bonchev–Trinajstić information content (AvgIpc) is 2.94. The van der Waals surface area contributed by atoms with Crippen molar-refractivity contribution in [3.05, 3.63) is 30.4 Å². The van der Waals surface area contributed by atoms with Crippen molar-refractivity contribution >= 4 is 11.7 Å². The molecule has 2 aromatic rings. The highest BCUT2D eigenvalue weighted by Crippen LogP contribution is 2.10. The third-order valence-corrected chi connectivity index (χ3v) is 2.29. The standard InChI is InChI=1S/C10H13N5O2/c1-17-10(16)9-8(11)7-15(13-9)6-5-14-4-2-3-12-14/h2-4,7H,5-6,11H2,1H3. The monoisotopic (exact) mass is 235 g/mol. The van der Waals surface area contributed by atoms with Gasteiger partial charge in [0.2, 0.25) is 0 Å². The van der Waals surface area contributed by atoms with Crippen LogP contribution in [-0.2, 0) is 17.8 Å². The first-order valence-corrected chi connectivity index (χ1v) is 5.09. The number of nitrogens with zero attached hydrogens (tertiary/aromatic N) is 4. The highest BCUT2D eigenvalue weighted by atomic mass is 16.5. The number of carbonyl (C=O) groups excluding carboxylic acids is 1. The van der Waals surface area contributed by atoms with Gasteiger partial charge in [-0.2, -0.15) is 10.2 Å². The molecule has 2 rings (SSSR count). The molecule has 2 N–H and O–H groups in total. The second kappa shape index (κ2) is 4.69. The van der Waals surface area contributed by atoms with Crippen LogP contribution in [0.3, 0.4) is 0 Å². The maximum absolute atomic E-state index is 11.3. The van der Waals surface area contributed by atoms with Crippen molar-refractivity contribution in [1.29, 1.82) is 0 Å². The topological polar surface area (TPSA) is 88.0 Å². The van der Waals surface area contributed by atoms with Crippen molar-refractivity contribution < 1.29 is 9.53 Å². The van der Waals surface area contributed by atoms with Crippen molar-refractivity contribution in [2.75, 3.05) is 12.8 Å². The van der Waals surface area contributed by atoms with Crippen LogP contribution >= 0.6 is 0 Å². The smallest absolute Gasteiger partial charge is 0.360 e. The van der Waals surface area contributed by atoms with Gasteiger partial charge in [-0.05, 0) is 6.07 Å². The number of carbonyl (C=O) groups is 1. The summed E-state index contributed by atoms with van der Waals surface area (Å²) < 4.78 is 7.94. The minimum Gasteiger partial charge on any atom is -0.464 e. The first-order valence-electron chi connectivity index (χ1n) is 5.09. The molecule has 0 fully saturated rings. The van der Waals surface area contributed by atoms with Gasteiger partial charge in [-0.15, -0.1) is 0 Å². The Labute approximate surface area is 97.8 Å². The minimum atomic E-state index is -0.527. The van der Waals surface area contributed by atoms with Gasteiger partial charge in [0.25, 0.3) is 0 Å². The molecule has 0 saturated carbocycles. The molecule has 90 valence electrons. The largest absolute Gasteiger partial charge is 0.464 e. The van der Waals surface area contributed by atoms with Crippen LogP contribution in [0.15, 0.2) is 24.7 Å². The van der Waals surface area contributed by atoms with E-state index in [-0.39, 0.29) is 5.69 Å². The Morgan fingerprint density at radius 1 is 1.47 bits per heavy atom. The molecule has 0 saturated heterocycles. The zero-order valence-corrected chi connectivity index (χ0v) is 9.41. The second-order valence-corrected chi connectivity index (χ2v) is 3.46. The fraction of sp³-hybridized carbons (Fsp3) is 0.300. The van der Waals surface area contributed by atoms with Gasteiger partial charge < -0.3 is 10.5 Å². The quantitative estimate of drug-likeness (QED) is 0.762. The third-order valence-electron chi connectivity index (χ3n) is 2.29. The average molecular weight is 235 g/mol. The zero-order valence-electron chi connectivity index (χ0n) is 9.41. The van der Waals surface area contributed by atoms with Crippen LogP contribution in [0.25, 0.3) is 0 Å². The number of ether oxygens (including phenoxy) is 1. The molecule has 0 amide bonds. The van der Waals surface area contributed by atoms with E-state index in [1.807, 2.05) is 12.3 Å². The molecule has 0 aliphatic rings. The van der Waals surface area contributed by atoms with E-state index in [0.29, 0.717) is 18.8 Å². The molecular weight excluding hydrogens is 222 g/mol. The summed E-state index contributed by atoms with van der Waals surface area (Å²) in [6.07, 6.45) is 5.17. The van der Waals surface area contributed by atoms with Crippen molar-refractivity contribution in [1.82, 2.24) is 19.6 Å². The summed E-state index contributed by atoms with van der Waals surface area (Å²) >= 11 is 0. The van der Waals surface area contributed by atoms with Crippen LogP contribution in [-0.4, -0.2) is 32.6 Å². The fourth-order valence-corrected chi connectivity index (χ4v) is 1.44. The number of hydrogen-bond acceptors (Lipinski definition) is 5. The van der Waals surface area contributed by atoms with E-state index in [1.54, 1.807) is 21.8 Å². The number of nitrogens with two attached hydrogens (primary N) is 1. The maximum atomic E-state index is 11.3. The Kier molecular flexibility index (Phi) is 3.08. The van der Waals surface area contributed by atoms with Crippen molar-refractivity contribution in [2.45, 2.75) is 13.1 Å². The fourth-order valence-electron chi connectivity index (χ4n) is 1.44. The van der Waals surface area contributed by atoms with E-state index in [9.17, 15) is 4.79 Å². The molecule has 17 heavy (non-hydrogen) atoms. The first kappa shape index (κ1) is 11.2. The van der Waals surface area contributed by atoms with Gasteiger partial charge >= 0.3 is 5.97 Å². The number of anilines is 1. The molecule has 2 aromatic heterocycles. The van der Waals surface area contributed by atoms with Crippen LogP contribution in [0.2, 0.25) is 0 Å². The van der Waals surface area contributed by atoms with Gasteiger partial charge in [-0.25, -0.2) is 4.79 Å². The lowest BCUT2D eigenvalue weighted by Gasteiger charge is -2.01. The van der Waals surface area contributed by atoms with Gasteiger partial charge in [0.1, 0.15) is 0 Å². The molecule has 0 aromatic carbocycles. The van der Waals surface area contributed by atoms with Crippen molar-refractivity contribution in [2.24, 2.45) is 0 Å². The minimum absolute atomic E-state index is 0.146. The number of nitrogen functional groups attached to an aromatic ring is 1. The van der Waals surface area contributed by atoms with E-state index in [4.69, 9.17) is 5.73 Å². The number of rotatable bonds is 4. The number of hydrogen-bond donors (Lipinski definition) is 1. The highest BCUT2D eigenvalue weighted by molar-refractivity contribution is 5.92. The van der Waals surface area contributed by atoms with E-state index >= 15 is 0 Å². The molecule has 0 radical (unpaired) electrons. The maximum Gasteiger partial charge on any atom is 0.360 e. The van der Waals surface area contributed by atoms with Gasteiger partial charge in [0.05, 0.1) is 25.9 Å². The molecule has 2 heterocycles. The van der Waals surface area contributed by atoms with E-state index < -0.39 is 5.97 Å². The molecule has 0 atom stereocenters. The molecule has 0 aliphatic heterocycles. The Balaban J connectivity index is 2.05. The van der Waals surface area contributed by atoms with Crippen molar-refractivity contribution in [3.63, 3.8) is 0 Å². The molecule has 0 spiro atoms. The predicted molar refractivity (Wildman–Crippen MR) is 60.2 cm³/mol. The number of esters is 1. The van der Waals surface area contributed by atoms with Crippen LogP contribution in [0, 0.1) is 0 Å². The highest BCUT2D eigenvalue weighted by Gasteiger charge is 2.14. The SMILES string of the molecule is COC(=O)c1nn(CCn2cccn2)cc1N. The number of aromatic nitrogens is 4. The predicted octanol–water partition coefficient (Wildman–Crippen LogP) is 0.149. The molecule has 7 heteroatoms. The number of methoxy groups -OCH3 is 1. The summed E-state index contributed by atoms with van der Waals surface area (Å²) in [5.41, 5.74) is 6.12. The zero-order chi connectivity index (χ0) is 12.3. The normalized spacial score (nSPS) is 10.4. The van der Waals surface area contributed by atoms with Crippen LogP contribution in [0.1, 0.15) is 10.5 Å². The Hall–Kier alpha value is -2.31. The van der Waals surface area contributed by atoms with E-state index in [2.05, 4.69) is 14.9 Å². The molecule has 0 bridgehead atoms. The third kappa shape index (κ3) is 2.44. The Bertz CT molecular complexity index is 503. The van der Waals surface area contributed by atoms with Gasteiger partial charge in [0, 0.05) is 18.6 Å². The van der Waals surface area contributed by atoms with Gasteiger partial charge in [-0.1, -0.05) is 0 Å². The summed E-state index contributed by atoms with van der Waals surface area (Å²) in [5, 5.41) is 8.12. The van der Waals surface area contributed by atoms with Gasteiger partial charge in [-0.3, -0.25) is 9.36 Å². The lowest BCUT2D eigenvalue weighted by molar-refractivity contribution is 0.0594. The lowest BCUT2D eigenvalue weighted by atomic mass is 10.4. The Morgan fingerprint density at radius 2 is 2.24 bits per heavy atom. The molecular formula is C10H13N5O2. The van der Waals surface area contributed by atoms with Crippen LogP contribution in [0.5, 0.6) is 0 Å². The summed E-state index contributed by atoms with van der Waals surface area (Å²) in [4.78, 5) is 11.3. The van der Waals surface area contributed by atoms with Crippen LogP contribution < -0.4 is 5.73 Å². The summed E-state index contributed by atoms with van der Waals surface area (Å²) in [6.45, 7) is 1.25. The first-order chi connectivity index (χ1) is 8.20. The van der Waals surface area contributed by atoms with E-state index in [1.165, 1.54) is 7.11 Å². The molecule has 0 aliphatic carbocycles. The van der Waals surface area contributed by atoms with Crippen LogP contribution in [0.4, 0.5) is 5.69 Å². The molecule has 7 nitrogen and oxygen atoms in total.